The van der Waals surface area contributed by atoms with Gasteiger partial charge in [-0.15, -0.1) is 11.3 Å². The van der Waals surface area contributed by atoms with E-state index in [1.165, 1.54) is 29.6 Å². The Hall–Kier alpha value is -1.82. The molecule has 2 nitrogen and oxygen atoms in total. The monoisotopic (exact) mass is 286 g/mol. The average molecular weight is 286 g/mol. The largest absolute Gasteiger partial charge is 0.443 e. The van der Waals surface area contributed by atoms with Crippen molar-refractivity contribution in [1.82, 2.24) is 0 Å². The minimum atomic E-state index is -4.63. The fraction of sp³-hybridized carbons (Fsp3) is 0.154. The summed E-state index contributed by atoms with van der Waals surface area (Å²) in [6.07, 6.45) is -6.85. The molecule has 1 heterocycles. The van der Waals surface area contributed by atoms with Gasteiger partial charge in [0, 0.05) is 0 Å². The average Bonchev–Trinajstić information content (AvgIpc) is 2.88. The second-order valence-electron chi connectivity index (χ2n) is 3.71. The van der Waals surface area contributed by atoms with Crippen LogP contribution in [-0.4, -0.2) is 12.1 Å². The van der Waals surface area contributed by atoms with E-state index in [0.29, 0.717) is 0 Å². The molecule has 0 saturated heterocycles. The van der Waals surface area contributed by atoms with Gasteiger partial charge >= 0.3 is 12.1 Å². The predicted octanol–water partition coefficient (Wildman–Crippen LogP) is 4.21. The molecule has 0 N–H and O–H groups in total. The Kier molecular flexibility index (Phi) is 3.90. The second-order valence-corrected chi connectivity index (χ2v) is 4.69. The standard InChI is InChI=1S/C13H9F3O2S/c14-13(15,16)11(10-7-4-8-19-10)18-12(17)9-5-2-1-3-6-9/h1-8,11H. The molecule has 2 aromatic rings. The lowest BCUT2D eigenvalue weighted by Crippen LogP contribution is -2.25. The Morgan fingerprint density at radius 1 is 1.11 bits per heavy atom. The maximum Gasteiger partial charge on any atom is 0.430 e. The summed E-state index contributed by atoms with van der Waals surface area (Å²) < 4.78 is 43.3. The van der Waals surface area contributed by atoms with E-state index in [-0.39, 0.29) is 10.4 Å². The van der Waals surface area contributed by atoms with Crippen LogP contribution in [-0.2, 0) is 4.74 Å². The normalized spacial score (nSPS) is 13.0. The highest BCUT2D eigenvalue weighted by atomic mass is 32.1. The Bertz CT molecular complexity index is 535. The third kappa shape index (κ3) is 3.35. The summed E-state index contributed by atoms with van der Waals surface area (Å²) in [6, 6.07) is 10.4. The van der Waals surface area contributed by atoms with Gasteiger partial charge in [0.05, 0.1) is 10.4 Å². The third-order valence-electron chi connectivity index (χ3n) is 2.33. The summed E-state index contributed by atoms with van der Waals surface area (Å²) in [5, 5.41) is 1.50. The van der Waals surface area contributed by atoms with Crippen LogP contribution < -0.4 is 0 Å². The van der Waals surface area contributed by atoms with Crippen molar-refractivity contribution in [2.75, 3.05) is 0 Å². The highest BCUT2D eigenvalue weighted by Crippen LogP contribution is 2.38. The van der Waals surface area contributed by atoms with Crippen LogP contribution in [0.3, 0.4) is 0 Å². The van der Waals surface area contributed by atoms with Crippen LogP contribution in [0.1, 0.15) is 21.3 Å². The van der Waals surface area contributed by atoms with Gasteiger partial charge in [0.1, 0.15) is 0 Å². The van der Waals surface area contributed by atoms with E-state index in [4.69, 9.17) is 0 Å². The second kappa shape index (κ2) is 5.44. The first-order valence-electron chi connectivity index (χ1n) is 5.34. The van der Waals surface area contributed by atoms with Gasteiger partial charge in [-0.3, -0.25) is 0 Å². The first-order chi connectivity index (χ1) is 8.98. The zero-order chi connectivity index (χ0) is 13.9. The van der Waals surface area contributed by atoms with E-state index < -0.39 is 18.2 Å². The van der Waals surface area contributed by atoms with Gasteiger partial charge in [-0.25, -0.2) is 4.79 Å². The first-order valence-corrected chi connectivity index (χ1v) is 6.22. The molecule has 0 bridgehead atoms. The van der Waals surface area contributed by atoms with E-state index in [0.717, 1.165) is 11.3 Å². The number of rotatable bonds is 3. The molecular weight excluding hydrogens is 277 g/mol. The number of carbonyl (C=O) groups excluding carboxylic acids is 1. The summed E-state index contributed by atoms with van der Waals surface area (Å²) in [7, 11) is 0. The fourth-order valence-corrected chi connectivity index (χ4v) is 2.25. The molecule has 19 heavy (non-hydrogen) atoms. The van der Waals surface area contributed by atoms with Crippen LogP contribution in [0, 0.1) is 0 Å². The van der Waals surface area contributed by atoms with Crippen molar-refractivity contribution in [3.8, 4) is 0 Å². The van der Waals surface area contributed by atoms with Gasteiger partial charge in [-0.2, -0.15) is 13.2 Å². The zero-order valence-corrected chi connectivity index (χ0v) is 10.4. The molecule has 0 aliphatic heterocycles. The highest BCUT2D eigenvalue weighted by Gasteiger charge is 2.44. The summed E-state index contributed by atoms with van der Waals surface area (Å²) in [5.41, 5.74) is 0.0910. The molecule has 1 atom stereocenters. The SMILES string of the molecule is O=C(OC(c1cccs1)C(F)(F)F)c1ccccc1. The van der Waals surface area contributed by atoms with E-state index in [9.17, 15) is 18.0 Å². The van der Waals surface area contributed by atoms with Crippen LogP contribution in [0.5, 0.6) is 0 Å². The minimum Gasteiger partial charge on any atom is -0.443 e. The molecular formula is C13H9F3O2S. The molecule has 2 rings (SSSR count). The number of hydrogen-bond donors (Lipinski definition) is 0. The Labute approximate surface area is 111 Å². The smallest absolute Gasteiger partial charge is 0.430 e. The lowest BCUT2D eigenvalue weighted by atomic mass is 10.2. The number of thiophene rings is 1. The molecule has 0 radical (unpaired) electrons. The number of benzene rings is 1. The number of carbonyl (C=O) groups is 1. The summed E-state index contributed by atoms with van der Waals surface area (Å²) in [4.78, 5) is 11.6. The zero-order valence-electron chi connectivity index (χ0n) is 9.55. The van der Waals surface area contributed by atoms with Crippen molar-refractivity contribution in [2.45, 2.75) is 12.3 Å². The molecule has 0 aliphatic carbocycles. The van der Waals surface area contributed by atoms with Crippen LogP contribution in [0.4, 0.5) is 13.2 Å². The Morgan fingerprint density at radius 2 is 1.79 bits per heavy atom. The molecule has 1 aromatic carbocycles. The summed E-state index contributed by atoms with van der Waals surface area (Å²) in [5.74, 6) is -0.990. The molecule has 1 aromatic heterocycles. The molecule has 0 spiro atoms. The van der Waals surface area contributed by atoms with Gasteiger partial charge in [0.15, 0.2) is 0 Å². The fourth-order valence-electron chi connectivity index (χ4n) is 1.48. The molecule has 0 amide bonds. The van der Waals surface area contributed by atoms with Crippen molar-refractivity contribution < 1.29 is 22.7 Å². The van der Waals surface area contributed by atoms with Crippen molar-refractivity contribution >= 4 is 17.3 Å². The summed E-state index contributed by atoms with van der Waals surface area (Å²) >= 11 is 0.898. The number of hydrogen-bond acceptors (Lipinski definition) is 3. The Morgan fingerprint density at radius 3 is 2.32 bits per heavy atom. The van der Waals surface area contributed by atoms with Crippen molar-refractivity contribution in [1.29, 1.82) is 0 Å². The predicted molar refractivity (Wildman–Crippen MR) is 65.0 cm³/mol. The lowest BCUT2D eigenvalue weighted by Gasteiger charge is -2.19. The van der Waals surface area contributed by atoms with Crippen molar-refractivity contribution in [3.63, 3.8) is 0 Å². The van der Waals surface area contributed by atoms with Gasteiger partial charge < -0.3 is 4.74 Å². The van der Waals surface area contributed by atoms with Crippen LogP contribution >= 0.6 is 11.3 Å². The van der Waals surface area contributed by atoms with E-state index in [1.807, 2.05) is 0 Å². The number of esters is 1. The number of alkyl halides is 3. The van der Waals surface area contributed by atoms with Gasteiger partial charge in [-0.1, -0.05) is 24.3 Å². The quantitative estimate of drug-likeness (QED) is 0.790. The van der Waals surface area contributed by atoms with Crippen LogP contribution in [0.15, 0.2) is 47.8 Å². The molecule has 0 aliphatic rings. The van der Waals surface area contributed by atoms with E-state index in [1.54, 1.807) is 18.2 Å². The number of halogens is 3. The van der Waals surface area contributed by atoms with Crippen LogP contribution in [0.2, 0.25) is 0 Å². The molecule has 0 saturated carbocycles. The summed E-state index contributed by atoms with van der Waals surface area (Å²) in [6.45, 7) is 0. The number of ether oxygens (including phenoxy) is 1. The van der Waals surface area contributed by atoms with Crippen molar-refractivity contribution in [2.24, 2.45) is 0 Å². The van der Waals surface area contributed by atoms with Gasteiger partial charge in [0.25, 0.3) is 0 Å². The molecule has 1 unspecified atom stereocenters. The maximum absolute atomic E-state index is 12.9. The van der Waals surface area contributed by atoms with Gasteiger partial charge in [-0.05, 0) is 23.6 Å². The first kappa shape index (κ1) is 13.6. The topological polar surface area (TPSA) is 26.3 Å². The van der Waals surface area contributed by atoms with Crippen LogP contribution in [0.25, 0.3) is 0 Å². The van der Waals surface area contributed by atoms with Gasteiger partial charge in [0.2, 0.25) is 6.10 Å². The Balaban J connectivity index is 2.21. The van der Waals surface area contributed by atoms with Crippen molar-refractivity contribution in [3.05, 3.63) is 58.3 Å². The third-order valence-corrected chi connectivity index (χ3v) is 3.25. The highest BCUT2D eigenvalue weighted by molar-refractivity contribution is 7.10. The minimum absolute atomic E-state index is 0.0446. The maximum atomic E-state index is 12.9. The van der Waals surface area contributed by atoms with E-state index >= 15 is 0 Å². The lowest BCUT2D eigenvalue weighted by molar-refractivity contribution is -0.206. The molecule has 100 valence electrons. The van der Waals surface area contributed by atoms with E-state index in [2.05, 4.69) is 4.74 Å². The molecule has 6 heteroatoms. The molecule has 0 fully saturated rings.